The van der Waals surface area contributed by atoms with E-state index in [0.29, 0.717) is 5.13 Å². The van der Waals surface area contributed by atoms with Gasteiger partial charge in [0, 0.05) is 21.7 Å². The average Bonchev–Trinajstić information content (AvgIpc) is 2.91. The summed E-state index contributed by atoms with van der Waals surface area (Å²) in [6.45, 7) is 0. The second-order valence-electron chi connectivity index (χ2n) is 3.94. The monoisotopic (exact) mass is 385 g/mol. The molecule has 0 atom stereocenters. The molecule has 0 fully saturated rings. The van der Waals surface area contributed by atoms with Gasteiger partial charge in [-0.2, -0.15) is 0 Å². The zero-order valence-corrected chi connectivity index (χ0v) is 14.1. The van der Waals surface area contributed by atoms with E-state index in [1.54, 1.807) is 11.6 Å². The number of benzene rings is 1. The summed E-state index contributed by atoms with van der Waals surface area (Å²) in [5, 5.41) is 7.79. The van der Waals surface area contributed by atoms with Crippen LogP contribution >= 0.6 is 39.0 Å². The van der Waals surface area contributed by atoms with E-state index >= 15 is 0 Å². The molecule has 0 aliphatic carbocycles. The topological polar surface area (TPSA) is 71.1 Å². The predicted molar refractivity (Wildman–Crippen MR) is 90.8 cm³/mol. The number of nitrogens with one attached hydrogen (secondary N) is 2. The van der Waals surface area contributed by atoms with Crippen molar-refractivity contribution in [3.05, 3.63) is 40.3 Å². The molecule has 0 saturated heterocycles. The first kappa shape index (κ1) is 16.0. The summed E-state index contributed by atoms with van der Waals surface area (Å²) in [7, 11) is 0. The van der Waals surface area contributed by atoms with E-state index in [4.69, 9.17) is 0 Å². The Morgan fingerprint density at radius 2 is 2.00 bits per heavy atom. The number of anilines is 2. The molecule has 0 aliphatic rings. The molecule has 2 rings (SSSR count). The first-order chi connectivity index (χ1) is 10.1. The van der Waals surface area contributed by atoms with Crippen molar-refractivity contribution < 1.29 is 9.59 Å². The minimum atomic E-state index is -0.162. The number of amides is 2. The van der Waals surface area contributed by atoms with Gasteiger partial charge in [0.15, 0.2) is 5.13 Å². The van der Waals surface area contributed by atoms with Gasteiger partial charge in [-0.25, -0.2) is 4.98 Å². The smallest absolute Gasteiger partial charge is 0.236 e. The number of nitrogens with zero attached hydrogens (tertiary/aromatic N) is 1. The minimum absolute atomic E-state index is 0.139. The number of hydrogen-bond donors (Lipinski definition) is 2. The molecular weight excluding hydrogens is 374 g/mol. The highest BCUT2D eigenvalue weighted by Gasteiger charge is 2.07. The molecular formula is C13H12BrN3O2S2. The van der Waals surface area contributed by atoms with Gasteiger partial charge in [-0.15, -0.1) is 23.1 Å². The molecule has 2 N–H and O–H groups in total. The van der Waals surface area contributed by atoms with E-state index < -0.39 is 0 Å². The minimum Gasteiger partial charge on any atom is -0.325 e. The maximum absolute atomic E-state index is 11.7. The molecule has 110 valence electrons. The van der Waals surface area contributed by atoms with Crippen molar-refractivity contribution in [2.75, 3.05) is 22.1 Å². The molecule has 0 saturated carbocycles. The largest absolute Gasteiger partial charge is 0.325 e. The third-order valence-electron chi connectivity index (χ3n) is 2.25. The average molecular weight is 386 g/mol. The Labute approximate surface area is 138 Å². The quantitative estimate of drug-likeness (QED) is 0.800. The number of aromatic nitrogens is 1. The van der Waals surface area contributed by atoms with Gasteiger partial charge >= 0.3 is 0 Å². The molecule has 0 aliphatic heterocycles. The van der Waals surface area contributed by atoms with Gasteiger partial charge in [0.1, 0.15) is 0 Å². The Balaban J connectivity index is 1.68. The summed E-state index contributed by atoms with van der Waals surface area (Å²) >= 11 is 5.95. The van der Waals surface area contributed by atoms with Crippen molar-refractivity contribution in [3.63, 3.8) is 0 Å². The van der Waals surface area contributed by atoms with Crippen molar-refractivity contribution in [2.45, 2.75) is 0 Å². The van der Waals surface area contributed by atoms with Crippen LogP contribution < -0.4 is 10.6 Å². The Morgan fingerprint density at radius 1 is 1.24 bits per heavy atom. The first-order valence-corrected chi connectivity index (χ1v) is 8.79. The molecule has 2 amide bonds. The van der Waals surface area contributed by atoms with Crippen molar-refractivity contribution in [2.24, 2.45) is 0 Å². The lowest BCUT2D eigenvalue weighted by Gasteiger charge is -2.05. The number of carbonyl (C=O) groups is 2. The molecule has 2 aromatic rings. The number of rotatable bonds is 6. The number of halogens is 1. The summed E-state index contributed by atoms with van der Waals surface area (Å²) in [4.78, 5) is 27.3. The second kappa shape index (κ2) is 8.16. The summed E-state index contributed by atoms with van der Waals surface area (Å²) in [6, 6.07) is 7.35. The fourth-order valence-electron chi connectivity index (χ4n) is 1.44. The standard InChI is InChI=1S/C13H12BrN3O2S2/c14-9-2-1-3-10(6-9)16-11(18)7-20-8-12(19)17-13-15-4-5-21-13/h1-6H,7-8H2,(H,16,18)(H,15,17,19). The van der Waals surface area contributed by atoms with Crippen LogP contribution in [0.15, 0.2) is 40.3 Å². The predicted octanol–water partition coefficient (Wildman–Crippen LogP) is 3.22. The third kappa shape index (κ3) is 5.86. The number of thioether (sulfide) groups is 1. The molecule has 0 bridgehead atoms. The molecule has 8 heteroatoms. The first-order valence-electron chi connectivity index (χ1n) is 5.96. The van der Waals surface area contributed by atoms with Gasteiger partial charge < -0.3 is 10.6 Å². The highest BCUT2D eigenvalue weighted by Crippen LogP contribution is 2.16. The Hall–Kier alpha value is -1.38. The second-order valence-corrected chi connectivity index (χ2v) is 6.73. The molecule has 21 heavy (non-hydrogen) atoms. The van der Waals surface area contributed by atoms with Crippen LogP contribution in [0, 0.1) is 0 Å². The van der Waals surface area contributed by atoms with Crippen molar-refractivity contribution in [1.82, 2.24) is 4.98 Å². The lowest BCUT2D eigenvalue weighted by molar-refractivity contribution is -0.114. The Morgan fingerprint density at radius 3 is 2.67 bits per heavy atom. The van der Waals surface area contributed by atoms with Gasteiger partial charge in [-0.3, -0.25) is 9.59 Å². The molecule has 5 nitrogen and oxygen atoms in total. The van der Waals surface area contributed by atoms with E-state index in [-0.39, 0.29) is 23.3 Å². The van der Waals surface area contributed by atoms with Crippen LogP contribution in [0.3, 0.4) is 0 Å². The van der Waals surface area contributed by atoms with Crippen LogP contribution in [0.2, 0.25) is 0 Å². The Kier molecular flexibility index (Phi) is 6.21. The van der Waals surface area contributed by atoms with Crippen molar-refractivity contribution in [1.29, 1.82) is 0 Å². The Bertz CT molecular complexity index is 620. The summed E-state index contributed by atoms with van der Waals surface area (Å²) in [5.74, 6) is 0.133. The highest BCUT2D eigenvalue weighted by molar-refractivity contribution is 9.10. The molecule has 1 heterocycles. The SMILES string of the molecule is O=C(CSCC(=O)Nc1nccs1)Nc1cccc(Br)c1. The number of carbonyl (C=O) groups excluding carboxylic acids is 2. The maximum atomic E-state index is 11.7. The van der Waals surface area contributed by atoms with Crippen LogP contribution in [0.5, 0.6) is 0 Å². The lowest BCUT2D eigenvalue weighted by atomic mass is 10.3. The summed E-state index contributed by atoms with van der Waals surface area (Å²) in [5.41, 5.74) is 0.724. The normalized spacial score (nSPS) is 10.1. The lowest BCUT2D eigenvalue weighted by Crippen LogP contribution is -2.18. The highest BCUT2D eigenvalue weighted by atomic mass is 79.9. The van der Waals surface area contributed by atoms with Crippen LogP contribution in [-0.4, -0.2) is 28.3 Å². The fourth-order valence-corrected chi connectivity index (χ4v) is 3.00. The number of hydrogen-bond acceptors (Lipinski definition) is 5. The van der Waals surface area contributed by atoms with E-state index in [1.165, 1.54) is 23.1 Å². The van der Waals surface area contributed by atoms with Crippen molar-refractivity contribution >= 4 is 61.7 Å². The zero-order chi connectivity index (χ0) is 15.1. The fraction of sp³-hybridized carbons (Fsp3) is 0.154. The molecule has 0 unspecified atom stereocenters. The van der Waals surface area contributed by atoms with E-state index in [1.807, 2.05) is 24.3 Å². The van der Waals surface area contributed by atoms with Gasteiger partial charge in [-0.1, -0.05) is 22.0 Å². The van der Waals surface area contributed by atoms with Gasteiger partial charge in [0.25, 0.3) is 0 Å². The van der Waals surface area contributed by atoms with Crippen LogP contribution in [0.1, 0.15) is 0 Å². The van der Waals surface area contributed by atoms with Crippen LogP contribution in [-0.2, 0) is 9.59 Å². The maximum Gasteiger partial charge on any atom is 0.236 e. The molecule has 0 radical (unpaired) electrons. The third-order valence-corrected chi connectivity index (χ3v) is 4.37. The summed E-state index contributed by atoms with van der Waals surface area (Å²) < 4.78 is 0.899. The van der Waals surface area contributed by atoms with Crippen molar-refractivity contribution in [3.8, 4) is 0 Å². The van der Waals surface area contributed by atoms with E-state index in [9.17, 15) is 9.59 Å². The van der Waals surface area contributed by atoms with E-state index in [2.05, 4.69) is 31.5 Å². The number of thiazole rings is 1. The van der Waals surface area contributed by atoms with Crippen LogP contribution in [0.4, 0.5) is 10.8 Å². The van der Waals surface area contributed by atoms with E-state index in [0.717, 1.165) is 10.2 Å². The summed E-state index contributed by atoms with van der Waals surface area (Å²) in [6.07, 6.45) is 1.62. The molecule has 1 aromatic heterocycles. The zero-order valence-electron chi connectivity index (χ0n) is 10.8. The molecule has 1 aromatic carbocycles. The van der Waals surface area contributed by atoms with Gasteiger partial charge in [0.05, 0.1) is 11.5 Å². The van der Waals surface area contributed by atoms with Gasteiger partial charge in [-0.05, 0) is 18.2 Å². The van der Waals surface area contributed by atoms with Gasteiger partial charge in [0.2, 0.25) is 11.8 Å². The van der Waals surface area contributed by atoms with Crippen LogP contribution in [0.25, 0.3) is 0 Å². The molecule has 0 spiro atoms.